The van der Waals surface area contributed by atoms with Crippen LogP contribution in [0.15, 0.2) is 36.9 Å². The third kappa shape index (κ3) is 3.53. The molecular formula is C24H26N6O3. The lowest BCUT2D eigenvalue weighted by molar-refractivity contribution is -0.136. The number of rotatable bonds is 3. The molecule has 9 heteroatoms. The number of hydrogen-bond donors (Lipinski definition) is 1. The maximum Gasteiger partial charge on any atom is 0.255 e. The van der Waals surface area contributed by atoms with E-state index >= 15 is 0 Å². The van der Waals surface area contributed by atoms with Crippen molar-refractivity contribution in [3.8, 4) is 22.5 Å². The molecule has 1 aromatic carbocycles. The number of imide groups is 1. The fourth-order valence-electron chi connectivity index (χ4n) is 4.52. The molecule has 1 N–H and O–H groups in total. The van der Waals surface area contributed by atoms with Crippen LogP contribution in [0.4, 0.5) is 0 Å². The van der Waals surface area contributed by atoms with Crippen molar-refractivity contribution in [2.45, 2.75) is 51.7 Å². The van der Waals surface area contributed by atoms with Gasteiger partial charge in [-0.05, 0) is 44.9 Å². The summed E-state index contributed by atoms with van der Waals surface area (Å²) in [6, 6.07) is 5.04. The average molecular weight is 447 g/mol. The van der Waals surface area contributed by atoms with Gasteiger partial charge in [-0.2, -0.15) is 5.10 Å². The van der Waals surface area contributed by atoms with Crippen LogP contribution in [0.5, 0.6) is 0 Å². The maximum absolute atomic E-state index is 13.0. The SMILES string of the molecule is Cn1cnc(-c2ccc3c(c2)CN(C2CCC(=O)NC2=O)C3=O)c1-c1cnn(C(C)(C)C)c1. The molecule has 9 nitrogen and oxygen atoms in total. The zero-order chi connectivity index (χ0) is 23.5. The molecule has 0 radical (unpaired) electrons. The van der Waals surface area contributed by atoms with E-state index in [4.69, 9.17) is 0 Å². The van der Waals surface area contributed by atoms with Crippen LogP contribution in [-0.4, -0.2) is 48.0 Å². The number of nitrogens with one attached hydrogen (secondary N) is 1. The molecule has 0 saturated carbocycles. The minimum absolute atomic E-state index is 0.135. The zero-order valence-corrected chi connectivity index (χ0v) is 19.1. The van der Waals surface area contributed by atoms with Crippen molar-refractivity contribution in [2.24, 2.45) is 7.05 Å². The quantitative estimate of drug-likeness (QED) is 0.623. The van der Waals surface area contributed by atoms with E-state index < -0.39 is 11.9 Å². The number of amides is 3. The number of aryl methyl sites for hydroxylation is 1. The number of piperidine rings is 1. The second kappa shape index (κ2) is 7.40. The Bertz CT molecular complexity index is 1300. The summed E-state index contributed by atoms with van der Waals surface area (Å²) in [6.45, 7) is 6.62. The van der Waals surface area contributed by atoms with E-state index in [-0.39, 0.29) is 23.8 Å². The summed E-state index contributed by atoms with van der Waals surface area (Å²) in [5.74, 6) is -0.880. The van der Waals surface area contributed by atoms with Crippen molar-refractivity contribution in [3.63, 3.8) is 0 Å². The van der Waals surface area contributed by atoms with Crippen molar-refractivity contribution in [2.75, 3.05) is 0 Å². The fourth-order valence-corrected chi connectivity index (χ4v) is 4.52. The predicted octanol–water partition coefficient (Wildman–Crippen LogP) is 2.47. The molecule has 1 saturated heterocycles. The van der Waals surface area contributed by atoms with Crippen LogP contribution < -0.4 is 5.32 Å². The first-order chi connectivity index (χ1) is 15.6. The van der Waals surface area contributed by atoms with Crippen molar-refractivity contribution in [1.29, 1.82) is 0 Å². The summed E-state index contributed by atoms with van der Waals surface area (Å²) in [5, 5.41) is 6.86. The second-order valence-corrected chi connectivity index (χ2v) is 9.67. The Balaban J connectivity index is 1.48. The Kier molecular flexibility index (Phi) is 4.73. The molecule has 170 valence electrons. The summed E-state index contributed by atoms with van der Waals surface area (Å²) in [6.07, 6.45) is 6.21. The summed E-state index contributed by atoms with van der Waals surface area (Å²) < 4.78 is 3.89. The lowest BCUT2D eigenvalue weighted by atomic mass is 10.0. The topological polar surface area (TPSA) is 102 Å². The van der Waals surface area contributed by atoms with Gasteiger partial charge in [0.05, 0.1) is 29.5 Å². The van der Waals surface area contributed by atoms with Gasteiger partial charge >= 0.3 is 0 Å². The van der Waals surface area contributed by atoms with Crippen LogP contribution >= 0.6 is 0 Å². The normalized spacial score (nSPS) is 18.6. The van der Waals surface area contributed by atoms with Crippen LogP contribution in [0.1, 0.15) is 49.5 Å². The van der Waals surface area contributed by atoms with Crippen LogP contribution in [0.2, 0.25) is 0 Å². The molecular weight excluding hydrogens is 420 g/mol. The zero-order valence-electron chi connectivity index (χ0n) is 19.1. The van der Waals surface area contributed by atoms with Crippen molar-refractivity contribution in [1.82, 2.24) is 29.5 Å². The summed E-state index contributed by atoms with van der Waals surface area (Å²) in [5.41, 5.74) is 4.90. The Morgan fingerprint density at radius 3 is 2.61 bits per heavy atom. The third-order valence-electron chi connectivity index (χ3n) is 6.28. The monoisotopic (exact) mass is 446 g/mol. The molecule has 4 heterocycles. The number of carbonyl (C=O) groups is 3. The molecule has 3 aromatic rings. The van der Waals surface area contributed by atoms with Gasteiger partial charge in [0, 0.05) is 42.9 Å². The van der Waals surface area contributed by atoms with E-state index in [0.717, 1.165) is 28.1 Å². The number of imidazole rings is 1. The lowest BCUT2D eigenvalue weighted by Crippen LogP contribution is -2.52. The maximum atomic E-state index is 13.0. The average Bonchev–Trinajstić information content (AvgIpc) is 3.45. The molecule has 2 aliphatic heterocycles. The highest BCUT2D eigenvalue weighted by Crippen LogP contribution is 2.35. The highest BCUT2D eigenvalue weighted by molar-refractivity contribution is 6.05. The van der Waals surface area contributed by atoms with Crippen LogP contribution in [0.3, 0.4) is 0 Å². The van der Waals surface area contributed by atoms with Gasteiger partial charge in [0.15, 0.2) is 0 Å². The summed E-state index contributed by atoms with van der Waals surface area (Å²) in [4.78, 5) is 43.0. The van der Waals surface area contributed by atoms with Crippen molar-refractivity contribution >= 4 is 17.7 Å². The predicted molar refractivity (Wildman–Crippen MR) is 121 cm³/mol. The summed E-state index contributed by atoms with van der Waals surface area (Å²) >= 11 is 0. The van der Waals surface area contributed by atoms with Gasteiger partial charge in [-0.3, -0.25) is 24.4 Å². The van der Waals surface area contributed by atoms with Crippen molar-refractivity contribution in [3.05, 3.63) is 48.0 Å². The largest absolute Gasteiger partial charge is 0.333 e. The van der Waals surface area contributed by atoms with E-state index in [1.807, 2.05) is 40.8 Å². The third-order valence-corrected chi connectivity index (χ3v) is 6.28. The molecule has 2 aromatic heterocycles. The molecule has 2 aliphatic rings. The fraction of sp³-hybridized carbons (Fsp3) is 0.375. The Hall–Kier alpha value is -3.75. The number of benzene rings is 1. The molecule has 0 aliphatic carbocycles. The van der Waals surface area contributed by atoms with Gasteiger partial charge in [-0.15, -0.1) is 0 Å². The standard InChI is InChI=1S/C24H26N6O3/c1-24(2,3)30-12-16(10-26-30)21-20(25-13-28(21)4)14-5-6-17-15(9-14)11-29(23(17)33)18-7-8-19(31)27-22(18)32/h5-6,9-10,12-13,18H,7-8,11H2,1-4H3,(H,27,31,32). The number of aromatic nitrogens is 4. The van der Waals surface area contributed by atoms with E-state index in [0.29, 0.717) is 18.5 Å². The van der Waals surface area contributed by atoms with Crippen LogP contribution in [0.25, 0.3) is 22.5 Å². The molecule has 5 rings (SSSR count). The van der Waals surface area contributed by atoms with E-state index in [1.165, 1.54) is 0 Å². The van der Waals surface area contributed by atoms with E-state index in [9.17, 15) is 14.4 Å². The smallest absolute Gasteiger partial charge is 0.255 e. The number of hydrogen-bond acceptors (Lipinski definition) is 5. The lowest BCUT2D eigenvalue weighted by Gasteiger charge is -2.29. The first-order valence-corrected chi connectivity index (χ1v) is 11.0. The Morgan fingerprint density at radius 2 is 1.91 bits per heavy atom. The molecule has 3 amide bonds. The van der Waals surface area contributed by atoms with Gasteiger partial charge in [-0.1, -0.05) is 6.07 Å². The first kappa shape index (κ1) is 21.1. The van der Waals surface area contributed by atoms with Gasteiger partial charge in [0.2, 0.25) is 11.8 Å². The highest BCUT2D eigenvalue weighted by Gasteiger charge is 2.39. The number of fused-ring (bicyclic) bond motifs is 1. The van der Waals surface area contributed by atoms with Gasteiger partial charge in [-0.25, -0.2) is 4.98 Å². The molecule has 33 heavy (non-hydrogen) atoms. The van der Waals surface area contributed by atoms with Crippen LogP contribution in [-0.2, 0) is 28.7 Å². The molecule has 1 atom stereocenters. The number of nitrogens with zero attached hydrogens (tertiary/aromatic N) is 5. The minimum Gasteiger partial charge on any atom is -0.333 e. The second-order valence-electron chi connectivity index (χ2n) is 9.67. The van der Waals surface area contributed by atoms with Gasteiger partial charge in [0.1, 0.15) is 6.04 Å². The van der Waals surface area contributed by atoms with Gasteiger partial charge in [0.25, 0.3) is 5.91 Å². The molecule has 0 bridgehead atoms. The summed E-state index contributed by atoms with van der Waals surface area (Å²) in [7, 11) is 1.95. The molecule has 0 spiro atoms. The van der Waals surface area contributed by atoms with Crippen LogP contribution in [0, 0.1) is 0 Å². The molecule has 1 fully saturated rings. The first-order valence-electron chi connectivity index (χ1n) is 11.0. The van der Waals surface area contributed by atoms with E-state index in [2.05, 4.69) is 36.2 Å². The number of carbonyl (C=O) groups excluding carboxylic acids is 3. The van der Waals surface area contributed by atoms with Crippen molar-refractivity contribution < 1.29 is 14.4 Å². The van der Waals surface area contributed by atoms with Gasteiger partial charge < -0.3 is 9.47 Å². The Labute approximate surface area is 191 Å². The van der Waals surface area contributed by atoms with E-state index in [1.54, 1.807) is 17.3 Å². The Morgan fingerprint density at radius 1 is 1.12 bits per heavy atom. The highest BCUT2D eigenvalue weighted by atomic mass is 16.2. The molecule has 1 unspecified atom stereocenters. The minimum atomic E-state index is -0.625.